The fourth-order valence-corrected chi connectivity index (χ4v) is 3.58. The molecule has 0 atom stereocenters. The van der Waals surface area contributed by atoms with E-state index in [1.54, 1.807) is 13.3 Å². The summed E-state index contributed by atoms with van der Waals surface area (Å²) in [5.74, 6) is 1.89. The number of hydrogen-bond acceptors (Lipinski definition) is 5. The molecule has 3 aromatic carbocycles. The Bertz CT molecular complexity index is 1220. The molecule has 0 aliphatic heterocycles. The number of hydrogen-bond donors (Lipinski definition) is 1. The highest BCUT2D eigenvalue weighted by Crippen LogP contribution is 2.24. The van der Waals surface area contributed by atoms with Gasteiger partial charge in [-0.15, -0.1) is 0 Å². The van der Waals surface area contributed by atoms with E-state index >= 15 is 0 Å². The summed E-state index contributed by atoms with van der Waals surface area (Å²) >= 11 is 0. The van der Waals surface area contributed by atoms with Crippen LogP contribution >= 0.6 is 0 Å². The van der Waals surface area contributed by atoms with Crippen molar-refractivity contribution < 1.29 is 14.3 Å². The maximum atomic E-state index is 12.8. The first-order chi connectivity index (χ1) is 16.6. The van der Waals surface area contributed by atoms with E-state index in [2.05, 4.69) is 10.3 Å². The number of amides is 1. The highest BCUT2D eigenvalue weighted by atomic mass is 16.5. The SMILES string of the molecule is CCOc1ccc(CC(=O)Nc2ncc(-c3ccc(OC)cc3)nc2Cc2ccccc2)cc1. The fraction of sp³-hybridized carbons (Fsp3) is 0.179. The Hall–Kier alpha value is -4.19. The lowest BCUT2D eigenvalue weighted by molar-refractivity contribution is -0.115. The van der Waals surface area contributed by atoms with Gasteiger partial charge in [-0.25, -0.2) is 9.97 Å². The molecule has 4 aromatic rings. The molecule has 0 saturated carbocycles. The summed E-state index contributed by atoms with van der Waals surface area (Å²) in [6.07, 6.45) is 2.47. The van der Waals surface area contributed by atoms with Crippen molar-refractivity contribution in [2.75, 3.05) is 19.0 Å². The van der Waals surface area contributed by atoms with Crippen molar-refractivity contribution in [3.63, 3.8) is 0 Å². The van der Waals surface area contributed by atoms with E-state index in [9.17, 15) is 4.79 Å². The molecule has 0 radical (unpaired) electrons. The maximum Gasteiger partial charge on any atom is 0.229 e. The van der Waals surface area contributed by atoms with Gasteiger partial charge in [0.15, 0.2) is 5.82 Å². The zero-order chi connectivity index (χ0) is 23.8. The number of nitrogens with zero attached hydrogens (tertiary/aromatic N) is 2. The number of ether oxygens (including phenoxy) is 2. The second-order valence-corrected chi connectivity index (χ2v) is 7.74. The third-order valence-corrected chi connectivity index (χ3v) is 5.30. The number of benzene rings is 3. The Morgan fingerprint density at radius 3 is 2.26 bits per heavy atom. The monoisotopic (exact) mass is 453 g/mol. The van der Waals surface area contributed by atoms with Crippen molar-refractivity contribution in [3.8, 4) is 22.8 Å². The van der Waals surface area contributed by atoms with Gasteiger partial charge in [-0.05, 0) is 54.4 Å². The minimum atomic E-state index is -0.148. The molecule has 1 amide bonds. The minimum absolute atomic E-state index is 0.148. The van der Waals surface area contributed by atoms with E-state index in [1.165, 1.54) is 0 Å². The van der Waals surface area contributed by atoms with Crippen molar-refractivity contribution in [1.29, 1.82) is 0 Å². The number of carbonyl (C=O) groups is 1. The normalized spacial score (nSPS) is 10.5. The first-order valence-electron chi connectivity index (χ1n) is 11.2. The predicted molar refractivity (Wildman–Crippen MR) is 133 cm³/mol. The highest BCUT2D eigenvalue weighted by Gasteiger charge is 2.14. The van der Waals surface area contributed by atoms with Crippen molar-refractivity contribution in [3.05, 3.63) is 102 Å². The van der Waals surface area contributed by atoms with Crippen LogP contribution in [0.5, 0.6) is 11.5 Å². The molecule has 0 aliphatic carbocycles. The number of nitrogens with one attached hydrogen (secondary N) is 1. The van der Waals surface area contributed by atoms with Gasteiger partial charge in [0, 0.05) is 12.0 Å². The van der Waals surface area contributed by atoms with E-state index < -0.39 is 0 Å². The van der Waals surface area contributed by atoms with Gasteiger partial charge in [-0.1, -0.05) is 42.5 Å². The van der Waals surface area contributed by atoms with Crippen molar-refractivity contribution in [2.45, 2.75) is 19.8 Å². The molecule has 0 bridgehead atoms. The molecule has 34 heavy (non-hydrogen) atoms. The molecule has 0 unspecified atom stereocenters. The quantitative estimate of drug-likeness (QED) is 0.371. The maximum absolute atomic E-state index is 12.8. The molecule has 1 heterocycles. The standard InChI is InChI=1S/C28H27N3O3/c1-3-34-24-13-9-21(10-14-24)18-27(32)31-28-25(17-20-7-5-4-6-8-20)30-26(19-29-28)22-11-15-23(33-2)16-12-22/h4-16,19H,3,17-18H2,1-2H3,(H,29,31,32). The van der Waals surface area contributed by atoms with Crippen LogP contribution < -0.4 is 14.8 Å². The second-order valence-electron chi connectivity index (χ2n) is 7.74. The van der Waals surface area contributed by atoms with E-state index in [4.69, 9.17) is 14.5 Å². The first kappa shape index (κ1) is 23.0. The summed E-state index contributed by atoms with van der Waals surface area (Å²) in [5.41, 5.74) is 4.35. The highest BCUT2D eigenvalue weighted by molar-refractivity contribution is 5.92. The van der Waals surface area contributed by atoms with Crippen LogP contribution in [0.1, 0.15) is 23.7 Å². The third kappa shape index (κ3) is 5.98. The van der Waals surface area contributed by atoms with Crippen LogP contribution in [0.15, 0.2) is 85.1 Å². The number of carbonyl (C=O) groups excluding carboxylic acids is 1. The van der Waals surface area contributed by atoms with Gasteiger partial charge >= 0.3 is 0 Å². The van der Waals surface area contributed by atoms with Gasteiger partial charge in [0.25, 0.3) is 0 Å². The average Bonchev–Trinajstić information content (AvgIpc) is 2.87. The zero-order valence-corrected chi connectivity index (χ0v) is 19.3. The molecule has 6 heteroatoms. The first-order valence-corrected chi connectivity index (χ1v) is 11.2. The molecular weight excluding hydrogens is 426 g/mol. The summed E-state index contributed by atoms with van der Waals surface area (Å²) in [4.78, 5) is 22.2. The van der Waals surface area contributed by atoms with Gasteiger partial charge in [0.2, 0.25) is 5.91 Å². The lowest BCUT2D eigenvalue weighted by Crippen LogP contribution is -2.17. The van der Waals surface area contributed by atoms with Gasteiger partial charge in [-0.3, -0.25) is 4.79 Å². The number of rotatable bonds is 9. The Labute approximate surface area is 199 Å². The molecule has 6 nitrogen and oxygen atoms in total. The summed E-state index contributed by atoms with van der Waals surface area (Å²) in [5, 5.41) is 2.95. The van der Waals surface area contributed by atoms with Gasteiger partial charge in [0.1, 0.15) is 11.5 Å². The molecule has 4 rings (SSSR count). The number of aromatic nitrogens is 2. The van der Waals surface area contributed by atoms with Crippen LogP contribution in [0.3, 0.4) is 0 Å². The molecule has 0 saturated heterocycles. The van der Waals surface area contributed by atoms with Crippen molar-refractivity contribution in [2.24, 2.45) is 0 Å². The third-order valence-electron chi connectivity index (χ3n) is 5.30. The van der Waals surface area contributed by atoms with Gasteiger partial charge < -0.3 is 14.8 Å². The molecular formula is C28H27N3O3. The van der Waals surface area contributed by atoms with E-state index in [-0.39, 0.29) is 12.3 Å². The molecule has 1 N–H and O–H groups in total. The molecule has 1 aromatic heterocycles. The van der Waals surface area contributed by atoms with E-state index in [0.29, 0.717) is 24.5 Å². The number of anilines is 1. The Balaban J connectivity index is 1.56. The summed E-state index contributed by atoms with van der Waals surface area (Å²) < 4.78 is 10.7. The van der Waals surface area contributed by atoms with Crippen molar-refractivity contribution in [1.82, 2.24) is 9.97 Å². The fourth-order valence-electron chi connectivity index (χ4n) is 3.58. The minimum Gasteiger partial charge on any atom is -0.497 e. The van der Waals surface area contributed by atoms with E-state index in [1.807, 2.05) is 85.8 Å². The van der Waals surface area contributed by atoms with E-state index in [0.717, 1.165) is 33.9 Å². The van der Waals surface area contributed by atoms with Gasteiger partial charge in [-0.2, -0.15) is 0 Å². The Kier molecular flexibility index (Phi) is 7.50. The Morgan fingerprint density at radius 1 is 0.882 bits per heavy atom. The molecule has 0 spiro atoms. The van der Waals surface area contributed by atoms with Crippen molar-refractivity contribution >= 4 is 11.7 Å². The summed E-state index contributed by atoms with van der Waals surface area (Å²) in [6, 6.07) is 25.2. The van der Waals surface area contributed by atoms with Crippen LogP contribution in [0, 0.1) is 0 Å². The lowest BCUT2D eigenvalue weighted by Gasteiger charge is -2.12. The van der Waals surface area contributed by atoms with Crippen LogP contribution in [0.4, 0.5) is 5.82 Å². The van der Waals surface area contributed by atoms with Crippen LogP contribution in [-0.4, -0.2) is 29.6 Å². The average molecular weight is 454 g/mol. The number of methoxy groups -OCH3 is 1. The molecule has 172 valence electrons. The van der Waals surface area contributed by atoms with Gasteiger partial charge in [0.05, 0.1) is 37.7 Å². The smallest absolute Gasteiger partial charge is 0.229 e. The predicted octanol–water partition coefficient (Wildman–Crippen LogP) is 5.32. The van der Waals surface area contributed by atoms with Crippen LogP contribution in [0.2, 0.25) is 0 Å². The van der Waals surface area contributed by atoms with Crippen LogP contribution in [-0.2, 0) is 17.6 Å². The topological polar surface area (TPSA) is 73.3 Å². The largest absolute Gasteiger partial charge is 0.497 e. The molecule has 0 fully saturated rings. The summed E-state index contributed by atoms with van der Waals surface area (Å²) in [7, 11) is 1.64. The second kappa shape index (κ2) is 11.1. The Morgan fingerprint density at radius 2 is 1.59 bits per heavy atom. The van der Waals surface area contributed by atoms with Crippen LogP contribution in [0.25, 0.3) is 11.3 Å². The zero-order valence-electron chi connectivity index (χ0n) is 19.3. The lowest BCUT2D eigenvalue weighted by atomic mass is 10.1. The molecule has 0 aliphatic rings. The summed E-state index contributed by atoms with van der Waals surface area (Å²) in [6.45, 7) is 2.55.